The molecule has 2 aromatic rings. The first kappa shape index (κ1) is 13.5. The largest absolute Gasteiger partial charge is 0.398 e. The van der Waals surface area contributed by atoms with E-state index in [9.17, 15) is 4.79 Å². The molecule has 1 amide bonds. The van der Waals surface area contributed by atoms with E-state index in [1.807, 2.05) is 11.4 Å². The van der Waals surface area contributed by atoms with Crippen molar-refractivity contribution < 1.29 is 4.79 Å². The van der Waals surface area contributed by atoms with Crippen LogP contribution in [0.2, 0.25) is 0 Å². The lowest BCUT2D eigenvalue weighted by Gasteiger charge is -2.23. The molecule has 0 atom stereocenters. The van der Waals surface area contributed by atoms with Gasteiger partial charge in [-0.05, 0) is 17.5 Å². The van der Waals surface area contributed by atoms with Crippen LogP contribution in [0.3, 0.4) is 0 Å². The molecule has 0 aliphatic carbocycles. The van der Waals surface area contributed by atoms with Crippen LogP contribution in [-0.2, 0) is 5.41 Å². The van der Waals surface area contributed by atoms with Crippen molar-refractivity contribution in [3.8, 4) is 0 Å². The maximum atomic E-state index is 12.1. The van der Waals surface area contributed by atoms with Crippen LogP contribution in [0.5, 0.6) is 0 Å². The molecule has 4 nitrogen and oxygen atoms in total. The van der Waals surface area contributed by atoms with Crippen molar-refractivity contribution in [2.75, 3.05) is 12.3 Å². The number of carbonyl (C=O) groups excluding carboxylic acids is 1. The summed E-state index contributed by atoms with van der Waals surface area (Å²) in [4.78, 5) is 17.2. The summed E-state index contributed by atoms with van der Waals surface area (Å²) in [6.45, 7) is 4.76. The SMILES string of the molecule is CC(C)(CNC(=O)c1cnccc1N)c1cccs1. The molecule has 3 N–H and O–H groups in total. The molecular formula is C14H17N3OS. The number of aromatic nitrogens is 1. The Morgan fingerprint density at radius 2 is 2.26 bits per heavy atom. The molecule has 0 aliphatic heterocycles. The Labute approximate surface area is 116 Å². The molecule has 0 radical (unpaired) electrons. The minimum absolute atomic E-state index is 0.0964. The zero-order chi connectivity index (χ0) is 13.9. The Hall–Kier alpha value is -1.88. The number of amides is 1. The third-order valence-electron chi connectivity index (χ3n) is 2.98. The molecule has 2 heterocycles. The van der Waals surface area contributed by atoms with Gasteiger partial charge in [-0.25, -0.2) is 0 Å². The van der Waals surface area contributed by atoms with E-state index in [-0.39, 0.29) is 11.3 Å². The molecule has 19 heavy (non-hydrogen) atoms. The summed E-state index contributed by atoms with van der Waals surface area (Å²) in [5.74, 6) is -0.185. The summed E-state index contributed by atoms with van der Waals surface area (Å²) in [5.41, 5.74) is 6.53. The summed E-state index contributed by atoms with van der Waals surface area (Å²) in [6, 6.07) is 5.72. The predicted octanol–water partition coefficient (Wildman–Crippen LogP) is 2.43. The number of rotatable bonds is 4. The fourth-order valence-corrected chi connectivity index (χ4v) is 2.59. The van der Waals surface area contributed by atoms with Gasteiger partial charge in [-0.1, -0.05) is 19.9 Å². The Balaban J connectivity index is 2.03. The summed E-state index contributed by atoms with van der Waals surface area (Å²) in [5, 5.41) is 4.96. The molecule has 0 saturated carbocycles. The van der Waals surface area contributed by atoms with E-state index >= 15 is 0 Å². The van der Waals surface area contributed by atoms with Crippen LogP contribution >= 0.6 is 11.3 Å². The van der Waals surface area contributed by atoms with E-state index in [0.29, 0.717) is 17.8 Å². The lowest BCUT2D eigenvalue weighted by molar-refractivity contribution is 0.0946. The van der Waals surface area contributed by atoms with E-state index < -0.39 is 0 Å². The van der Waals surface area contributed by atoms with Gasteiger partial charge in [-0.3, -0.25) is 9.78 Å². The topological polar surface area (TPSA) is 68.0 Å². The van der Waals surface area contributed by atoms with Crippen molar-refractivity contribution >= 4 is 22.9 Å². The second-order valence-electron chi connectivity index (χ2n) is 5.01. The third kappa shape index (κ3) is 3.12. The van der Waals surface area contributed by atoms with Crippen molar-refractivity contribution in [2.24, 2.45) is 0 Å². The Morgan fingerprint density at radius 3 is 2.89 bits per heavy atom. The maximum Gasteiger partial charge on any atom is 0.254 e. The van der Waals surface area contributed by atoms with Crippen molar-refractivity contribution in [2.45, 2.75) is 19.3 Å². The fraction of sp³-hybridized carbons (Fsp3) is 0.286. The number of nitrogens with one attached hydrogen (secondary N) is 1. The standard InChI is InChI=1S/C14H17N3OS/c1-14(2,12-4-3-7-19-12)9-17-13(18)10-8-16-6-5-11(10)15/h3-8H,9H2,1-2H3,(H2,15,16)(H,17,18). The van der Waals surface area contributed by atoms with E-state index in [1.54, 1.807) is 23.6 Å². The molecule has 0 aliphatic rings. The molecule has 100 valence electrons. The van der Waals surface area contributed by atoms with Gasteiger partial charge in [0.25, 0.3) is 5.91 Å². The maximum absolute atomic E-state index is 12.1. The van der Waals surface area contributed by atoms with Crippen molar-refractivity contribution in [1.29, 1.82) is 0 Å². The van der Waals surface area contributed by atoms with Gasteiger partial charge in [0.05, 0.1) is 5.56 Å². The van der Waals surface area contributed by atoms with Gasteiger partial charge in [0, 0.05) is 34.9 Å². The zero-order valence-corrected chi connectivity index (χ0v) is 11.8. The lowest BCUT2D eigenvalue weighted by Crippen LogP contribution is -2.36. The van der Waals surface area contributed by atoms with Crippen LogP contribution in [0.1, 0.15) is 29.1 Å². The van der Waals surface area contributed by atoms with Crippen LogP contribution in [0, 0.1) is 0 Å². The van der Waals surface area contributed by atoms with E-state index in [0.717, 1.165) is 0 Å². The van der Waals surface area contributed by atoms with Crippen molar-refractivity contribution in [3.63, 3.8) is 0 Å². The first-order chi connectivity index (χ1) is 9.00. The number of nitrogen functional groups attached to an aromatic ring is 1. The highest BCUT2D eigenvalue weighted by Gasteiger charge is 2.23. The molecule has 2 rings (SSSR count). The highest BCUT2D eigenvalue weighted by Crippen LogP contribution is 2.26. The summed E-state index contributed by atoms with van der Waals surface area (Å²) in [6.07, 6.45) is 3.06. The molecule has 0 saturated heterocycles. The first-order valence-electron chi connectivity index (χ1n) is 6.02. The quantitative estimate of drug-likeness (QED) is 0.900. The molecule has 0 unspecified atom stereocenters. The number of thiophene rings is 1. The van der Waals surface area contributed by atoms with Crippen molar-refractivity contribution in [3.05, 3.63) is 46.4 Å². The van der Waals surface area contributed by atoms with Gasteiger partial charge < -0.3 is 11.1 Å². The normalized spacial score (nSPS) is 11.3. The average molecular weight is 275 g/mol. The second kappa shape index (κ2) is 5.40. The highest BCUT2D eigenvalue weighted by molar-refractivity contribution is 7.10. The molecule has 0 fully saturated rings. The monoisotopic (exact) mass is 275 g/mol. The van der Waals surface area contributed by atoms with Gasteiger partial charge in [-0.2, -0.15) is 0 Å². The predicted molar refractivity (Wildman–Crippen MR) is 78.3 cm³/mol. The smallest absolute Gasteiger partial charge is 0.254 e. The number of pyridine rings is 1. The van der Waals surface area contributed by atoms with Crippen LogP contribution in [0.4, 0.5) is 5.69 Å². The number of carbonyl (C=O) groups is 1. The number of hydrogen-bond donors (Lipinski definition) is 2. The van der Waals surface area contributed by atoms with Gasteiger partial charge in [-0.15, -0.1) is 11.3 Å². The van der Waals surface area contributed by atoms with Gasteiger partial charge in [0.1, 0.15) is 0 Å². The number of nitrogens with zero attached hydrogens (tertiary/aromatic N) is 1. The summed E-state index contributed by atoms with van der Waals surface area (Å²) < 4.78 is 0. The third-order valence-corrected chi connectivity index (χ3v) is 4.21. The van der Waals surface area contributed by atoms with Gasteiger partial charge in [0.2, 0.25) is 0 Å². The number of anilines is 1. The molecular weight excluding hydrogens is 258 g/mol. The Morgan fingerprint density at radius 1 is 1.47 bits per heavy atom. The van der Waals surface area contributed by atoms with E-state index in [4.69, 9.17) is 5.73 Å². The van der Waals surface area contributed by atoms with Crippen LogP contribution < -0.4 is 11.1 Å². The highest BCUT2D eigenvalue weighted by atomic mass is 32.1. The van der Waals surface area contributed by atoms with E-state index in [1.165, 1.54) is 11.1 Å². The lowest BCUT2D eigenvalue weighted by atomic mass is 9.91. The van der Waals surface area contributed by atoms with Crippen molar-refractivity contribution in [1.82, 2.24) is 10.3 Å². The molecule has 2 aromatic heterocycles. The summed E-state index contributed by atoms with van der Waals surface area (Å²) in [7, 11) is 0. The Bertz CT molecular complexity index is 564. The molecule has 5 heteroatoms. The zero-order valence-electron chi connectivity index (χ0n) is 11.0. The van der Waals surface area contributed by atoms with E-state index in [2.05, 4.69) is 30.2 Å². The minimum Gasteiger partial charge on any atom is -0.398 e. The van der Waals surface area contributed by atoms with Gasteiger partial charge >= 0.3 is 0 Å². The fourth-order valence-electron chi connectivity index (χ4n) is 1.74. The van der Waals surface area contributed by atoms with Crippen LogP contribution in [0.15, 0.2) is 36.0 Å². The molecule has 0 aromatic carbocycles. The molecule has 0 spiro atoms. The minimum atomic E-state index is -0.185. The first-order valence-corrected chi connectivity index (χ1v) is 6.90. The number of nitrogens with two attached hydrogens (primary N) is 1. The summed E-state index contributed by atoms with van der Waals surface area (Å²) >= 11 is 1.69. The molecule has 0 bridgehead atoms. The van der Waals surface area contributed by atoms with Crippen LogP contribution in [-0.4, -0.2) is 17.4 Å². The second-order valence-corrected chi connectivity index (χ2v) is 5.95. The number of hydrogen-bond acceptors (Lipinski definition) is 4. The average Bonchev–Trinajstić information content (AvgIpc) is 2.91. The van der Waals surface area contributed by atoms with Crippen LogP contribution in [0.25, 0.3) is 0 Å². The Kier molecular flexibility index (Phi) is 3.85. The van der Waals surface area contributed by atoms with Gasteiger partial charge in [0.15, 0.2) is 0 Å².